The second kappa shape index (κ2) is 12.5. The van der Waals surface area contributed by atoms with E-state index in [1.165, 1.54) is 29.0 Å². The summed E-state index contributed by atoms with van der Waals surface area (Å²) in [5, 5.41) is 3.27. The van der Waals surface area contributed by atoms with E-state index < -0.39 is 5.82 Å². The number of carbonyl (C=O) groups is 1. The molecule has 10 heteroatoms. The second-order valence-electron chi connectivity index (χ2n) is 8.21. The molecule has 35 heavy (non-hydrogen) atoms. The van der Waals surface area contributed by atoms with Gasteiger partial charge in [0.1, 0.15) is 11.6 Å². The van der Waals surface area contributed by atoms with Crippen LogP contribution in [0.3, 0.4) is 0 Å². The minimum Gasteiger partial charge on any atom is -0.494 e. The average molecular weight is 489 g/mol. The highest BCUT2D eigenvalue weighted by Gasteiger charge is 2.34. The number of anilines is 3. The molecule has 1 aliphatic rings. The summed E-state index contributed by atoms with van der Waals surface area (Å²) in [5.41, 5.74) is 0.830. The molecule has 2 aromatic rings. The van der Waals surface area contributed by atoms with E-state index in [-0.39, 0.29) is 24.0 Å². The Morgan fingerprint density at radius 2 is 1.94 bits per heavy atom. The molecule has 0 fully saturated rings. The van der Waals surface area contributed by atoms with E-state index in [9.17, 15) is 4.79 Å². The smallest absolute Gasteiger partial charge is 0.330 e. The van der Waals surface area contributed by atoms with E-state index in [0.717, 1.165) is 44.6 Å². The van der Waals surface area contributed by atoms with Crippen LogP contribution in [-0.2, 0) is 6.54 Å². The number of carbonyl (C=O) groups excluding carboxylic acids is 1. The van der Waals surface area contributed by atoms with Crippen LogP contribution in [0.25, 0.3) is 0 Å². The summed E-state index contributed by atoms with van der Waals surface area (Å²) >= 11 is 0. The molecular formula is C25H37FN6O3. The molecule has 0 unspecified atom stereocenters. The lowest BCUT2D eigenvalue weighted by atomic mass is 10.1. The first-order valence-electron chi connectivity index (χ1n) is 12.4. The van der Waals surface area contributed by atoms with Gasteiger partial charge in [0.25, 0.3) is 0 Å². The number of urea groups is 1. The Kier molecular flexibility index (Phi) is 9.47. The summed E-state index contributed by atoms with van der Waals surface area (Å²) in [6, 6.07) is 2.64. The van der Waals surface area contributed by atoms with Crippen LogP contribution in [0, 0.1) is 5.82 Å². The highest BCUT2D eigenvalue weighted by atomic mass is 19.1. The van der Waals surface area contributed by atoms with E-state index in [1.807, 2.05) is 13.8 Å². The summed E-state index contributed by atoms with van der Waals surface area (Å²) in [4.78, 5) is 27.7. The van der Waals surface area contributed by atoms with Gasteiger partial charge in [0.05, 0.1) is 25.9 Å². The molecule has 0 saturated heterocycles. The van der Waals surface area contributed by atoms with Crippen molar-refractivity contribution in [2.45, 2.75) is 47.1 Å². The van der Waals surface area contributed by atoms with Crippen LogP contribution in [0.15, 0.2) is 18.3 Å². The van der Waals surface area contributed by atoms with Gasteiger partial charge in [0.2, 0.25) is 5.95 Å². The highest BCUT2D eigenvalue weighted by Crippen LogP contribution is 2.37. The number of fused-ring (bicyclic) bond motifs is 1. The number of nitrogens with zero attached hydrogens (tertiary/aromatic N) is 5. The van der Waals surface area contributed by atoms with Crippen molar-refractivity contribution in [2.75, 3.05) is 61.6 Å². The zero-order valence-corrected chi connectivity index (χ0v) is 21.4. The van der Waals surface area contributed by atoms with Gasteiger partial charge >= 0.3 is 6.03 Å². The molecule has 0 saturated carbocycles. The van der Waals surface area contributed by atoms with Gasteiger partial charge in [-0.25, -0.2) is 14.2 Å². The summed E-state index contributed by atoms with van der Waals surface area (Å²) in [6.45, 7) is 12.9. The summed E-state index contributed by atoms with van der Waals surface area (Å²) in [7, 11) is 1.38. The van der Waals surface area contributed by atoms with Crippen LogP contribution >= 0.6 is 0 Å². The van der Waals surface area contributed by atoms with Crippen molar-refractivity contribution in [1.82, 2.24) is 14.9 Å². The molecule has 0 bridgehead atoms. The third kappa shape index (κ3) is 6.11. The molecule has 0 radical (unpaired) electrons. The minimum absolute atomic E-state index is 0.0180. The van der Waals surface area contributed by atoms with Crippen molar-refractivity contribution in [3.05, 3.63) is 29.7 Å². The molecule has 192 valence electrons. The fraction of sp³-hybridized carbons (Fsp3) is 0.560. The Balaban J connectivity index is 1.78. The number of nitrogens with one attached hydrogen (secondary N) is 1. The van der Waals surface area contributed by atoms with Crippen molar-refractivity contribution >= 4 is 23.5 Å². The lowest BCUT2D eigenvalue weighted by molar-refractivity contribution is 0.249. The van der Waals surface area contributed by atoms with Gasteiger partial charge < -0.3 is 19.7 Å². The second-order valence-corrected chi connectivity index (χ2v) is 8.21. The molecule has 1 aromatic heterocycles. The number of amides is 2. The largest absolute Gasteiger partial charge is 0.494 e. The van der Waals surface area contributed by atoms with E-state index in [0.29, 0.717) is 30.7 Å². The third-order valence-corrected chi connectivity index (χ3v) is 6.10. The van der Waals surface area contributed by atoms with E-state index >= 15 is 4.39 Å². The average Bonchev–Trinajstić information content (AvgIpc) is 2.87. The van der Waals surface area contributed by atoms with Crippen LogP contribution in [0.1, 0.15) is 46.1 Å². The molecule has 2 heterocycles. The van der Waals surface area contributed by atoms with Gasteiger partial charge in [-0.2, -0.15) is 4.98 Å². The Labute approximate surface area is 207 Å². The van der Waals surface area contributed by atoms with E-state index in [2.05, 4.69) is 34.0 Å². The first-order chi connectivity index (χ1) is 17.0. The maximum Gasteiger partial charge on any atom is 0.330 e. The fourth-order valence-corrected chi connectivity index (χ4v) is 4.13. The van der Waals surface area contributed by atoms with Gasteiger partial charge in [-0.15, -0.1) is 0 Å². The minimum atomic E-state index is -0.618. The standard InChI is InChI=1S/C25H37FN6O3/c1-6-30(7-2)13-11-10-12-27-24-28-16-18-17-32(25(33)31(8-3)23(18)29-24)20-14-19(35-9-4)15-21(34-5)22(20)26/h14-16H,6-13,17H2,1-5H3,(H,27,28,29). The van der Waals surface area contributed by atoms with Crippen LogP contribution in [0.4, 0.5) is 26.6 Å². The summed E-state index contributed by atoms with van der Waals surface area (Å²) < 4.78 is 25.9. The maximum atomic E-state index is 15.2. The molecule has 9 nitrogen and oxygen atoms in total. The first-order valence-corrected chi connectivity index (χ1v) is 12.4. The number of unbranched alkanes of at least 4 members (excludes halogenated alkanes) is 1. The molecule has 1 aromatic carbocycles. The van der Waals surface area contributed by atoms with Crippen molar-refractivity contribution in [1.29, 1.82) is 0 Å². The van der Waals surface area contributed by atoms with E-state index in [1.54, 1.807) is 6.20 Å². The van der Waals surface area contributed by atoms with Crippen LogP contribution in [0.2, 0.25) is 0 Å². The Hall–Kier alpha value is -3.14. The monoisotopic (exact) mass is 488 g/mol. The molecule has 0 aliphatic carbocycles. The third-order valence-electron chi connectivity index (χ3n) is 6.10. The zero-order valence-electron chi connectivity index (χ0n) is 21.4. The topological polar surface area (TPSA) is 83.1 Å². The number of benzene rings is 1. The number of rotatable bonds is 13. The Morgan fingerprint density at radius 1 is 1.17 bits per heavy atom. The van der Waals surface area contributed by atoms with Gasteiger partial charge in [0, 0.05) is 37.0 Å². The molecular weight excluding hydrogens is 451 g/mol. The van der Waals surface area contributed by atoms with Crippen molar-refractivity contribution < 1.29 is 18.7 Å². The van der Waals surface area contributed by atoms with Crippen molar-refractivity contribution in [2.24, 2.45) is 0 Å². The summed E-state index contributed by atoms with van der Waals surface area (Å²) in [6.07, 6.45) is 3.78. The molecule has 1 aliphatic heterocycles. The Bertz CT molecular complexity index is 1000. The molecule has 2 amide bonds. The normalized spacial score (nSPS) is 13.3. The van der Waals surface area contributed by atoms with Crippen molar-refractivity contribution in [3.8, 4) is 11.5 Å². The number of hydrogen-bond acceptors (Lipinski definition) is 7. The predicted octanol–water partition coefficient (Wildman–Crippen LogP) is 4.52. The molecule has 0 atom stereocenters. The first kappa shape index (κ1) is 26.5. The van der Waals surface area contributed by atoms with Gasteiger partial charge in [0.15, 0.2) is 11.6 Å². The predicted molar refractivity (Wildman–Crippen MR) is 136 cm³/mol. The Morgan fingerprint density at radius 3 is 2.60 bits per heavy atom. The number of ether oxygens (including phenoxy) is 2. The van der Waals surface area contributed by atoms with Crippen LogP contribution in [0.5, 0.6) is 11.5 Å². The summed E-state index contributed by atoms with van der Waals surface area (Å²) in [5.74, 6) is 0.858. The lowest BCUT2D eigenvalue weighted by Gasteiger charge is -2.36. The van der Waals surface area contributed by atoms with Gasteiger partial charge in [-0.05, 0) is 46.3 Å². The van der Waals surface area contributed by atoms with Gasteiger partial charge in [-0.3, -0.25) is 9.80 Å². The van der Waals surface area contributed by atoms with Gasteiger partial charge in [-0.1, -0.05) is 13.8 Å². The number of halogens is 1. The van der Waals surface area contributed by atoms with Crippen LogP contribution < -0.4 is 24.6 Å². The van der Waals surface area contributed by atoms with Crippen molar-refractivity contribution in [3.63, 3.8) is 0 Å². The quantitative estimate of drug-likeness (QED) is 0.415. The SMILES string of the molecule is CCOc1cc(OC)c(F)c(N2Cc3cnc(NCCCCN(CC)CC)nc3N(CC)C2=O)c1. The highest BCUT2D eigenvalue weighted by molar-refractivity contribution is 6.05. The van der Waals surface area contributed by atoms with Crippen LogP contribution in [-0.4, -0.2) is 67.3 Å². The number of hydrogen-bond donors (Lipinski definition) is 1. The molecule has 3 rings (SSSR count). The lowest BCUT2D eigenvalue weighted by Crippen LogP contribution is -2.48. The molecule has 1 N–H and O–H groups in total. The fourth-order valence-electron chi connectivity index (χ4n) is 4.13. The molecule has 0 spiro atoms. The zero-order chi connectivity index (χ0) is 25.4. The number of methoxy groups -OCH3 is 1. The number of aromatic nitrogens is 2. The maximum absolute atomic E-state index is 15.2. The van der Waals surface area contributed by atoms with E-state index in [4.69, 9.17) is 9.47 Å².